The van der Waals surface area contributed by atoms with Crippen molar-refractivity contribution in [1.29, 1.82) is 0 Å². The molecule has 0 spiro atoms. The Morgan fingerprint density at radius 3 is 2.94 bits per heavy atom. The van der Waals surface area contributed by atoms with Crippen molar-refractivity contribution in [3.8, 4) is 0 Å². The number of fused-ring (bicyclic) bond motifs is 1. The second kappa shape index (κ2) is 5.65. The van der Waals surface area contributed by atoms with Gasteiger partial charge in [-0.05, 0) is 31.5 Å². The first kappa shape index (κ1) is 12.6. The zero-order valence-corrected chi connectivity index (χ0v) is 11.2. The summed E-state index contributed by atoms with van der Waals surface area (Å²) in [5.74, 6) is 0.638. The Kier molecular flexibility index (Phi) is 4.19. The molecule has 0 fully saturated rings. The van der Waals surface area contributed by atoms with Crippen molar-refractivity contribution < 1.29 is 0 Å². The first-order chi connectivity index (χ1) is 8.22. The van der Waals surface area contributed by atoms with E-state index in [1.807, 2.05) is 0 Å². The van der Waals surface area contributed by atoms with E-state index in [1.165, 1.54) is 12.0 Å². The molecule has 2 heteroatoms. The minimum Gasteiger partial charge on any atom is -0.312 e. The van der Waals surface area contributed by atoms with Gasteiger partial charge in [-0.1, -0.05) is 31.2 Å². The van der Waals surface area contributed by atoms with Crippen LogP contribution in [-0.2, 0) is 6.54 Å². The number of likely N-dealkylation sites (N-methyl/N-ethyl adjacent to an activating group) is 1. The van der Waals surface area contributed by atoms with Crippen molar-refractivity contribution in [3.05, 3.63) is 35.4 Å². The van der Waals surface area contributed by atoms with Gasteiger partial charge in [0.15, 0.2) is 0 Å². The van der Waals surface area contributed by atoms with Crippen LogP contribution in [0.4, 0.5) is 0 Å². The van der Waals surface area contributed by atoms with Crippen LogP contribution in [0.15, 0.2) is 24.3 Å². The predicted molar refractivity (Wildman–Crippen MR) is 73.3 cm³/mol. The molecule has 2 rings (SSSR count). The van der Waals surface area contributed by atoms with Crippen LogP contribution >= 0.6 is 0 Å². The highest BCUT2D eigenvalue weighted by Gasteiger charge is 2.21. The Morgan fingerprint density at radius 1 is 1.41 bits per heavy atom. The van der Waals surface area contributed by atoms with Gasteiger partial charge in [-0.2, -0.15) is 0 Å². The zero-order chi connectivity index (χ0) is 12.3. The number of benzene rings is 1. The van der Waals surface area contributed by atoms with Crippen molar-refractivity contribution in [2.75, 3.05) is 20.1 Å². The van der Waals surface area contributed by atoms with E-state index < -0.39 is 0 Å². The summed E-state index contributed by atoms with van der Waals surface area (Å²) in [5, 5.41) is 3.53. The van der Waals surface area contributed by atoms with Gasteiger partial charge in [-0.15, -0.1) is 0 Å². The summed E-state index contributed by atoms with van der Waals surface area (Å²) in [4.78, 5) is 2.48. The molecule has 1 aromatic carbocycles. The molecule has 94 valence electrons. The highest BCUT2D eigenvalue weighted by atomic mass is 15.1. The van der Waals surface area contributed by atoms with Gasteiger partial charge in [0, 0.05) is 31.6 Å². The van der Waals surface area contributed by atoms with E-state index in [0.717, 1.165) is 19.6 Å². The summed E-state index contributed by atoms with van der Waals surface area (Å²) >= 11 is 0. The molecule has 2 nitrogen and oxygen atoms in total. The van der Waals surface area contributed by atoms with E-state index in [-0.39, 0.29) is 0 Å². The fourth-order valence-corrected chi connectivity index (χ4v) is 2.59. The van der Waals surface area contributed by atoms with E-state index in [9.17, 15) is 0 Å². The molecule has 0 radical (unpaired) electrons. The van der Waals surface area contributed by atoms with Crippen LogP contribution in [0.2, 0.25) is 0 Å². The lowest BCUT2D eigenvalue weighted by atomic mass is 9.90. The normalized spacial score (nSPS) is 21.3. The van der Waals surface area contributed by atoms with E-state index in [1.54, 1.807) is 5.56 Å². The molecule has 17 heavy (non-hydrogen) atoms. The number of hydrogen-bond acceptors (Lipinski definition) is 2. The maximum absolute atomic E-state index is 3.53. The zero-order valence-electron chi connectivity index (χ0n) is 11.2. The van der Waals surface area contributed by atoms with Crippen molar-refractivity contribution >= 4 is 0 Å². The summed E-state index contributed by atoms with van der Waals surface area (Å²) in [6.07, 6.45) is 1.22. The van der Waals surface area contributed by atoms with Crippen LogP contribution < -0.4 is 5.32 Å². The Morgan fingerprint density at radius 2 is 2.18 bits per heavy atom. The van der Waals surface area contributed by atoms with Gasteiger partial charge in [0.1, 0.15) is 0 Å². The molecular weight excluding hydrogens is 208 g/mol. The molecule has 1 aliphatic heterocycles. The van der Waals surface area contributed by atoms with Crippen LogP contribution in [0.1, 0.15) is 37.3 Å². The molecule has 1 aliphatic rings. The molecular formula is C15H24N2. The summed E-state index contributed by atoms with van der Waals surface area (Å²) < 4.78 is 0. The third kappa shape index (κ3) is 2.88. The van der Waals surface area contributed by atoms with E-state index in [4.69, 9.17) is 0 Å². The molecule has 0 saturated heterocycles. The third-order valence-corrected chi connectivity index (χ3v) is 4.05. The molecule has 0 aromatic heterocycles. The van der Waals surface area contributed by atoms with Crippen LogP contribution in [0.25, 0.3) is 0 Å². The first-order valence-electron chi connectivity index (χ1n) is 6.71. The fraction of sp³-hybridized carbons (Fsp3) is 0.600. The van der Waals surface area contributed by atoms with E-state index in [0.29, 0.717) is 12.0 Å². The quantitative estimate of drug-likeness (QED) is 0.858. The van der Waals surface area contributed by atoms with Gasteiger partial charge in [-0.3, -0.25) is 0 Å². The summed E-state index contributed by atoms with van der Waals surface area (Å²) in [7, 11) is 2.24. The lowest BCUT2D eigenvalue weighted by Crippen LogP contribution is -2.38. The van der Waals surface area contributed by atoms with Crippen LogP contribution in [0.3, 0.4) is 0 Å². The van der Waals surface area contributed by atoms with Crippen LogP contribution in [0, 0.1) is 0 Å². The molecule has 0 bridgehead atoms. The maximum atomic E-state index is 3.53. The smallest absolute Gasteiger partial charge is 0.0208 e. The minimum absolute atomic E-state index is 0.638. The SMILES string of the molecule is CCC(C)N(C)CC1CNCc2ccccc21. The molecule has 0 amide bonds. The second-order valence-electron chi connectivity index (χ2n) is 5.22. The van der Waals surface area contributed by atoms with E-state index in [2.05, 4.69) is 55.4 Å². The highest BCUT2D eigenvalue weighted by molar-refractivity contribution is 5.32. The number of rotatable bonds is 4. The van der Waals surface area contributed by atoms with Crippen molar-refractivity contribution in [2.24, 2.45) is 0 Å². The Bertz CT molecular complexity index is 362. The third-order valence-electron chi connectivity index (χ3n) is 4.05. The van der Waals surface area contributed by atoms with Gasteiger partial charge in [0.05, 0.1) is 0 Å². The van der Waals surface area contributed by atoms with Gasteiger partial charge in [0.2, 0.25) is 0 Å². The first-order valence-corrected chi connectivity index (χ1v) is 6.71. The number of hydrogen-bond donors (Lipinski definition) is 1. The Balaban J connectivity index is 2.08. The topological polar surface area (TPSA) is 15.3 Å². The second-order valence-corrected chi connectivity index (χ2v) is 5.22. The van der Waals surface area contributed by atoms with Crippen molar-refractivity contribution in [1.82, 2.24) is 10.2 Å². The van der Waals surface area contributed by atoms with Gasteiger partial charge < -0.3 is 10.2 Å². The molecule has 0 saturated carbocycles. The Hall–Kier alpha value is -0.860. The summed E-state index contributed by atoms with van der Waals surface area (Å²) in [5.41, 5.74) is 3.02. The minimum atomic E-state index is 0.638. The van der Waals surface area contributed by atoms with Crippen molar-refractivity contribution in [2.45, 2.75) is 38.8 Å². The largest absolute Gasteiger partial charge is 0.312 e. The predicted octanol–water partition coefficient (Wildman–Crippen LogP) is 2.60. The van der Waals surface area contributed by atoms with Crippen molar-refractivity contribution in [3.63, 3.8) is 0 Å². The summed E-state index contributed by atoms with van der Waals surface area (Å²) in [6.45, 7) is 7.85. The number of nitrogens with zero attached hydrogens (tertiary/aromatic N) is 1. The van der Waals surface area contributed by atoms with Gasteiger partial charge in [0.25, 0.3) is 0 Å². The number of nitrogens with one attached hydrogen (secondary N) is 1. The van der Waals surface area contributed by atoms with Gasteiger partial charge in [-0.25, -0.2) is 0 Å². The highest BCUT2D eigenvalue weighted by Crippen LogP contribution is 2.24. The molecule has 2 unspecified atom stereocenters. The average molecular weight is 232 g/mol. The lowest BCUT2D eigenvalue weighted by Gasteiger charge is -2.32. The molecule has 2 atom stereocenters. The maximum Gasteiger partial charge on any atom is 0.0208 e. The molecule has 0 aliphatic carbocycles. The average Bonchev–Trinajstić information content (AvgIpc) is 2.38. The van der Waals surface area contributed by atoms with Crippen LogP contribution in [-0.4, -0.2) is 31.1 Å². The van der Waals surface area contributed by atoms with Gasteiger partial charge >= 0.3 is 0 Å². The Labute approximate surface area is 105 Å². The molecule has 1 aromatic rings. The van der Waals surface area contributed by atoms with Crippen LogP contribution in [0.5, 0.6) is 0 Å². The van der Waals surface area contributed by atoms with E-state index >= 15 is 0 Å². The lowest BCUT2D eigenvalue weighted by molar-refractivity contribution is 0.231. The summed E-state index contributed by atoms with van der Waals surface area (Å²) in [6, 6.07) is 9.52. The molecule has 1 heterocycles. The monoisotopic (exact) mass is 232 g/mol. The standard InChI is InChI=1S/C15H24N2/c1-4-12(2)17(3)11-14-10-16-9-13-7-5-6-8-15(13)14/h5-8,12,14,16H,4,9-11H2,1-3H3. The molecule has 1 N–H and O–H groups in total. The fourth-order valence-electron chi connectivity index (χ4n) is 2.59.